The number of nitrogens with zero attached hydrogens (tertiary/aromatic N) is 1. The summed E-state index contributed by atoms with van der Waals surface area (Å²) in [6.07, 6.45) is 0. The smallest absolute Gasteiger partial charge is 0.285 e. The van der Waals surface area contributed by atoms with E-state index in [1.165, 1.54) is 30.3 Å². The summed E-state index contributed by atoms with van der Waals surface area (Å²) < 4.78 is 13.9. The van der Waals surface area contributed by atoms with Crippen LogP contribution in [0.2, 0.25) is 0 Å². The van der Waals surface area contributed by atoms with Crippen LogP contribution in [0, 0.1) is 15.9 Å². The van der Waals surface area contributed by atoms with Crippen LogP contribution in [0.5, 0.6) is 0 Å². The molecule has 0 atom stereocenters. The van der Waals surface area contributed by atoms with Crippen molar-refractivity contribution >= 4 is 49.1 Å². The van der Waals surface area contributed by atoms with Gasteiger partial charge in [-0.25, -0.2) is 4.39 Å². The van der Waals surface area contributed by atoms with Crippen LogP contribution in [0.1, 0.15) is 10.4 Å². The summed E-state index contributed by atoms with van der Waals surface area (Å²) in [6, 6.07) is 8.11. The van der Waals surface area contributed by atoms with E-state index in [4.69, 9.17) is 0 Å². The third-order valence-electron chi connectivity index (χ3n) is 2.58. The van der Waals surface area contributed by atoms with Gasteiger partial charge in [-0.15, -0.1) is 0 Å². The fourth-order valence-corrected chi connectivity index (χ4v) is 2.21. The Kier molecular flexibility index (Phi) is 4.69. The Morgan fingerprint density at radius 3 is 2.43 bits per heavy atom. The minimum absolute atomic E-state index is 0.112. The van der Waals surface area contributed by atoms with E-state index in [1.54, 1.807) is 0 Å². The quantitative estimate of drug-likeness (QED) is 0.589. The van der Waals surface area contributed by atoms with Crippen LogP contribution in [-0.4, -0.2) is 10.8 Å². The lowest BCUT2D eigenvalue weighted by Crippen LogP contribution is -2.12. The molecule has 0 saturated carbocycles. The zero-order valence-corrected chi connectivity index (χ0v) is 13.4. The Morgan fingerprint density at radius 2 is 1.81 bits per heavy atom. The summed E-state index contributed by atoms with van der Waals surface area (Å²) in [7, 11) is 0. The number of carbonyl (C=O) groups excluding carboxylic acids is 1. The number of halogens is 3. The number of nitro benzene ring substituents is 1. The number of amides is 1. The molecule has 0 aliphatic carbocycles. The van der Waals surface area contributed by atoms with Crippen LogP contribution in [0.4, 0.5) is 15.8 Å². The van der Waals surface area contributed by atoms with Crippen LogP contribution < -0.4 is 5.32 Å². The normalized spacial score (nSPS) is 10.2. The number of nitro groups is 1. The maximum atomic E-state index is 13.4. The minimum atomic E-state index is -0.570. The van der Waals surface area contributed by atoms with Crippen LogP contribution in [0.15, 0.2) is 45.3 Å². The standard InChI is InChI=1S/C13H7Br2FN2O3/c14-9-3-1-7(5-11(9)16)13(19)17-8-2-4-10(15)12(6-8)18(20)21/h1-6H,(H,17,19). The van der Waals surface area contributed by atoms with Gasteiger partial charge in [0, 0.05) is 17.3 Å². The van der Waals surface area contributed by atoms with Crippen molar-refractivity contribution in [2.24, 2.45) is 0 Å². The van der Waals surface area contributed by atoms with Gasteiger partial charge in [-0.3, -0.25) is 14.9 Å². The lowest BCUT2D eigenvalue weighted by Gasteiger charge is -2.06. The predicted octanol–water partition coefficient (Wildman–Crippen LogP) is 4.51. The SMILES string of the molecule is O=C(Nc1ccc(Br)c([N+](=O)[O-])c1)c1ccc(Br)c(F)c1. The molecule has 0 fully saturated rings. The van der Waals surface area contributed by atoms with Gasteiger partial charge in [0.25, 0.3) is 11.6 Å². The van der Waals surface area contributed by atoms with Crippen molar-refractivity contribution in [3.05, 3.63) is 66.8 Å². The van der Waals surface area contributed by atoms with Crippen molar-refractivity contribution in [3.63, 3.8) is 0 Å². The van der Waals surface area contributed by atoms with E-state index >= 15 is 0 Å². The molecule has 2 aromatic carbocycles. The van der Waals surface area contributed by atoms with Crippen molar-refractivity contribution in [2.45, 2.75) is 0 Å². The van der Waals surface area contributed by atoms with Crippen molar-refractivity contribution in [3.8, 4) is 0 Å². The average molecular weight is 418 g/mol. The molecule has 0 spiro atoms. The van der Waals surface area contributed by atoms with Crippen molar-refractivity contribution in [1.82, 2.24) is 0 Å². The number of carbonyl (C=O) groups is 1. The molecule has 0 heterocycles. The molecule has 1 N–H and O–H groups in total. The van der Waals surface area contributed by atoms with Crippen molar-refractivity contribution < 1.29 is 14.1 Å². The van der Waals surface area contributed by atoms with Crippen LogP contribution in [-0.2, 0) is 0 Å². The van der Waals surface area contributed by atoms with Crippen LogP contribution >= 0.6 is 31.9 Å². The largest absolute Gasteiger partial charge is 0.322 e. The highest BCUT2D eigenvalue weighted by Gasteiger charge is 2.14. The highest BCUT2D eigenvalue weighted by molar-refractivity contribution is 9.10. The summed E-state index contributed by atoms with van der Waals surface area (Å²) in [5.74, 6) is -1.12. The summed E-state index contributed by atoms with van der Waals surface area (Å²) in [6.45, 7) is 0. The molecule has 5 nitrogen and oxygen atoms in total. The zero-order chi connectivity index (χ0) is 15.6. The third-order valence-corrected chi connectivity index (χ3v) is 3.90. The number of nitrogens with one attached hydrogen (secondary N) is 1. The van der Waals surface area contributed by atoms with E-state index in [-0.39, 0.29) is 21.4 Å². The molecule has 0 aromatic heterocycles. The highest BCUT2D eigenvalue weighted by atomic mass is 79.9. The fraction of sp³-hybridized carbons (Fsp3) is 0. The van der Waals surface area contributed by atoms with Gasteiger partial charge in [-0.05, 0) is 62.2 Å². The Labute approximate surface area is 135 Å². The number of anilines is 1. The molecule has 0 saturated heterocycles. The maximum absolute atomic E-state index is 13.4. The Bertz CT molecular complexity index is 737. The monoisotopic (exact) mass is 416 g/mol. The predicted molar refractivity (Wildman–Crippen MR) is 82.8 cm³/mol. The van der Waals surface area contributed by atoms with Gasteiger partial charge in [0.15, 0.2) is 0 Å². The Balaban J connectivity index is 2.25. The third kappa shape index (κ3) is 3.64. The summed E-state index contributed by atoms with van der Waals surface area (Å²) in [5.41, 5.74) is 0.189. The fourth-order valence-electron chi connectivity index (χ4n) is 1.57. The lowest BCUT2D eigenvalue weighted by molar-refractivity contribution is -0.385. The molecule has 21 heavy (non-hydrogen) atoms. The van der Waals surface area contributed by atoms with Crippen LogP contribution in [0.3, 0.4) is 0 Å². The topological polar surface area (TPSA) is 72.2 Å². The van der Waals surface area contributed by atoms with Gasteiger partial charge in [0.1, 0.15) is 5.82 Å². The van der Waals surface area contributed by atoms with Gasteiger partial charge in [0.2, 0.25) is 0 Å². The zero-order valence-electron chi connectivity index (χ0n) is 10.3. The molecule has 0 unspecified atom stereocenters. The van der Waals surface area contributed by atoms with Crippen molar-refractivity contribution in [2.75, 3.05) is 5.32 Å². The molecular formula is C13H7Br2FN2O3. The van der Waals surface area contributed by atoms with Crippen molar-refractivity contribution in [1.29, 1.82) is 0 Å². The van der Waals surface area contributed by atoms with E-state index in [2.05, 4.69) is 37.2 Å². The number of rotatable bonds is 3. The minimum Gasteiger partial charge on any atom is -0.322 e. The molecule has 108 valence electrons. The van der Waals surface area contributed by atoms with Gasteiger partial charge in [-0.1, -0.05) is 0 Å². The average Bonchev–Trinajstić information content (AvgIpc) is 2.43. The summed E-state index contributed by atoms with van der Waals surface area (Å²) >= 11 is 6.04. The van der Waals surface area contributed by atoms with Gasteiger partial charge >= 0.3 is 0 Å². The molecular weight excluding hydrogens is 411 g/mol. The second-order valence-electron chi connectivity index (χ2n) is 4.01. The van der Waals surface area contributed by atoms with E-state index in [0.29, 0.717) is 4.47 Å². The molecule has 2 rings (SSSR count). The molecule has 0 aliphatic heterocycles. The van der Waals surface area contributed by atoms with Gasteiger partial charge < -0.3 is 5.32 Å². The molecule has 8 heteroatoms. The second kappa shape index (κ2) is 6.31. The van der Waals surface area contributed by atoms with E-state index < -0.39 is 16.6 Å². The molecule has 0 radical (unpaired) electrons. The van der Waals surface area contributed by atoms with E-state index in [0.717, 1.165) is 6.07 Å². The number of hydrogen-bond donors (Lipinski definition) is 1. The van der Waals surface area contributed by atoms with E-state index in [1.807, 2.05) is 0 Å². The van der Waals surface area contributed by atoms with Crippen LogP contribution in [0.25, 0.3) is 0 Å². The van der Waals surface area contributed by atoms with E-state index in [9.17, 15) is 19.3 Å². The maximum Gasteiger partial charge on any atom is 0.285 e. The Morgan fingerprint density at radius 1 is 1.14 bits per heavy atom. The van der Waals surface area contributed by atoms with Gasteiger partial charge in [0.05, 0.1) is 13.9 Å². The first-order valence-electron chi connectivity index (χ1n) is 5.59. The first kappa shape index (κ1) is 15.6. The number of benzene rings is 2. The summed E-state index contributed by atoms with van der Waals surface area (Å²) in [4.78, 5) is 22.2. The molecule has 2 aromatic rings. The lowest BCUT2D eigenvalue weighted by atomic mass is 10.2. The first-order chi connectivity index (χ1) is 9.88. The second-order valence-corrected chi connectivity index (χ2v) is 5.71. The van der Waals surface area contributed by atoms with Gasteiger partial charge in [-0.2, -0.15) is 0 Å². The molecule has 0 bridgehead atoms. The summed E-state index contributed by atoms with van der Waals surface area (Å²) in [5, 5.41) is 13.3. The first-order valence-corrected chi connectivity index (χ1v) is 7.17. The Hall–Kier alpha value is -1.80. The molecule has 0 aliphatic rings. The highest BCUT2D eigenvalue weighted by Crippen LogP contribution is 2.28. The number of hydrogen-bond acceptors (Lipinski definition) is 3. The molecule has 1 amide bonds.